The Balaban J connectivity index is 1.66. The Labute approximate surface area is 170 Å². The highest BCUT2D eigenvalue weighted by Gasteiger charge is 2.37. The van der Waals surface area contributed by atoms with Crippen LogP contribution in [0.3, 0.4) is 0 Å². The number of thiophene rings is 1. The van der Waals surface area contributed by atoms with E-state index in [1.807, 2.05) is 6.92 Å². The second-order valence-corrected chi connectivity index (χ2v) is 10.9. The maximum Gasteiger partial charge on any atom is 0.310 e. The minimum absolute atomic E-state index is 0.0451. The number of ether oxygens (including phenoxy) is 1. The van der Waals surface area contributed by atoms with Crippen LogP contribution in [-0.2, 0) is 24.3 Å². The van der Waals surface area contributed by atoms with Crippen molar-refractivity contribution < 1.29 is 22.7 Å². The quantitative estimate of drug-likeness (QED) is 0.672. The first kappa shape index (κ1) is 21.3. The lowest BCUT2D eigenvalue weighted by molar-refractivity contribution is -0.152. The largest absolute Gasteiger partial charge is 0.466 e. The van der Waals surface area contributed by atoms with Crippen LogP contribution in [0.25, 0.3) is 0 Å². The number of amides is 1. The molecule has 156 valence electrons. The van der Waals surface area contributed by atoms with Crippen molar-refractivity contribution in [2.24, 2.45) is 11.8 Å². The Morgan fingerprint density at radius 3 is 2.54 bits per heavy atom. The van der Waals surface area contributed by atoms with Crippen LogP contribution in [0.1, 0.15) is 37.5 Å². The highest BCUT2D eigenvalue weighted by molar-refractivity contribution is 7.91. The molecule has 2 aliphatic heterocycles. The Bertz CT molecular complexity index is 820. The Kier molecular flexibility index (Phi) is 6.77. The second kappa shape index (κ2) is 8.92. The number of carbonyl (C=O) groups is 2. The predicted molar refractivity (Wildman–Crippen MR) is 106 cm³/mol. The lowest BCUT2D eigenvalue weighted by Gasteiger charge is -2.37. The number of carbonyl (C=O) groups excluding carboxylic acids is 2. The normalized spacial score (nSPS) is 24.1. The van der Waals surface area contributed by atoms with Gasteiger partial charge in [0.25, 0.3) is 10.0 Å². The molecule has 0 spiro atoms. The summed E-state index contributed by atoms with van der Waals surface area (Å²) in [5.41, 5.74) is 0. The van der Waals surface area contributed by atoms with Gasteiger partial charge >= 0.3 is 5.97 Å². The molecule has 2 fully saturated rings. The molecule has 0 aliphatic carbocycles. The molecule has 0 aromatic carbocycles. The molecule has 2 atom stereocenters. The minimum atomic E-state index is -3.56. The molecular formula is C19H28N2O5S2. The van der Waals surface area contributed by atoms with E-state index in [4.69, 9.17) is 4.74 Å². The van der Waals surface area contributed by atoms with Crippen molar-refractivity contribution in [3.05, 3.63) is 17.0 Å². The standard InChI is InChI=1S/C19H28N2O5S2/c1-3-26-19(23)16-7-4-10-20(12-16)18(22)15-6-5-11-21(13-15)28(24,25)17-9-8-14(2)27-17/h8-9,15-16H,3-7,10-13H2,1-2H3/t15-,16-/m1/s1. The second-order valence-electron chi connectivity index (χ2n) is 7.44. The summed E-state index contributed by atoms with van der Waals surface area (Å²) in [6.45, 7) is 5.61. The lowest BCUT2D eigenvalue weighted by atomic mass is 9.94. The zero-order valence-corrected chi connectivity index (χ0v) is 18.1. The van der Waals surface area contributed by atoms with Gasteiger partial charge in [-0.15, -0.1) is 11.3 Å². The summed E-state index contributed by atoms with van der Waals surface area (Å²) in [7, 11) is -3.56. The van der Waals surface area contributed by atoms with Crippen LogP contribution >= 0.6 is 11.3 Å². The van der Waals surface area contributed by atoms with Crippen molar-refractivity contribution in [3.63, 3.8) is 0 Å². The molecule has 1 aromatic heterocycles. The number of hydrogen-bond donors (Lipinski definition) is 0. The van der Waals surface area contributed by atoms with Gasteiger partial charge in [0.2, 0.25) is 5.91 Å². The highest BCUT2D eigenvalue weighted by atomic mass is 32.2. The molecule has 2 aliphatic rings. The summed E-state index contributed by atoms with van der Waals surface area (Å²) in [5, 5.41) is 0. The molecule has 0 saturated carbocycles. The van der Waals surface area contributed by atoms with Gasteiger partial charge in [0.05, 0.1) is 18.4 Å². The van der Waals surface area contributed by atoms with Crippen LogP contribution in [0.15, 0.2) is 16.3 Å². The molecule has 7 nitrogen and oxygen atoms in total. The fraction of sp³-hybridized carbons (Fsp3) is 0.684. The zero-order valence-electron chi connectivity index (χ0n) is 16.4. The van der Waals surface area contributed by atoms with Gasteiger partial charge in [0.1, 0.15) is 4.21 Å². The van der Waals surface area contributed by atoms with Crippen molar-refractivity contribution in [1.82, 2.24) is 9.21 Å². The van der Waals surface area contributed by atoms with Crippen LogP contribution in [0.2, 0.25) is 0 Å². The molecule has 1 amide bonds. The smallest absolute Gasteiger partial charge is 0.310 e. The van der Waals surface area contributed by atoms with Crippen molar-refractivity contribution in [2.75, 3.05) is 32.8 Å². The third-order valence-electron chi connectivity index (χ3n) is 5.40. The fourth-order valence-electron chi connectivity index (χ4n) is 3.93. The third-order valence-corrected chi connectivity index (χ3v) is 8.73. The first-order valence-electron chi connectivity index (χ1n) is 9.85. The number of rotatable bonds is 5. The Hall–Kier alpha value is -1.45. The average Bonchev–Trinajstić information content (AvgIpc) is 3.15. The first-order valence-corrected chi connectivity index (χ1v) is 12.1. The van der Waals surface area contributed by atoms with Gasteiger partial charge in [-0.25, -0.2) is 8.42 Å². The van der Waals surface area contributed by atoms with Crippen molar-refractivity contribution in [2.45, 2.75) is 43.7 Å². The van der Waals surface area contributed by atoms with E-state index in [1.165, 1.54) is 15.6 Å². The maximum atomic E-state index is 13.0. The highest BCUT2D eigenvalue weighted by Crippen LogP contribution is 2.29. The zero-order chi connectivity index (χ0) is 20.3. The third kappa shape index (κ3) is 4.58. The molecule has 1 aromatic rings. The summed E-state index contributed by atoms with van der Waals surface area (Å²) >= 11 is 1.26. The van der Waals surface area contributed by atoms with Crippen LogP contribution in [0, 0.1) is 18.8 Å². The van der Waals surface area contributed by atoms with Crippen LogP contribution in [-0.4, -0.2) is 62.3 Å². The maximum absolute atomic E-state index is 13.0. The molecule has 0 radical (unpaired) electrons. The minimum Gasteiger partial charge on any atom is -0.466 e. The van der Waals surface area contributed by atoms with E-state index < -0.39 is 10.0 Å². The predicted octanol–water partition coefficient (Wildman–Crippen LogP) is 2.26. The van der Waals surface area contributed by atoms with E-state index in [1.54, 1.807) is 24.0 Å². The van der Waals surface area contributed by atoms with Gasteiger partial charge in [-0.3, -0.25) is 9.59 Å². The van der Waals surface area contributed by atoms with E-state index in [-0.39, 0.29) is 30.3 Å². The molecule has 28 heavy (non-hydrogen) atoms. The molecule has 3 rings (SSSR count). The van der Waals surface area contributed by atoms with Gasteiger partial charge in [-0.05, 0) is 51.7 Å². The fourth-order valence-corrected chi connectivity index (χ4v) is 6.89. The van der Waals surface area contributed by atoms with Crippen molar-refractivity contribution in [3.8, 4) is 0 Å². The molecule has 0 unspecified atom stereocenters. The number of aryl methyl sites for hydroxylation is 1. The number of nitrogens with zero attached hydrogens (tertiary/aromatic N) is 2. The number of piperidine rings is 2. The molecule has 0 bridgehead atoms. The van der Waals surface area contributed by atoms with E-state index in [2.05, 4.69) is 0 Å². The summed E-state index contributed by atoms with van der Waals surface area (Å²) in [5.74, 6) is -0.933. The topological polar surface area (TPSA) is 84.0 Å². The summed E-state index contributed by atoms with van der Waals surface area (Å²) in [4.78, 5) is 27.8. The Morgan fingerprint density at radius 1 is 1.14 bits per heavy atom. The summed E-state index contributed by atoms with van der Waals surface area (Å²) < 4.78 is 32.7. The molecular weight excluding hydrogens is 400 g/mol. The molecule has 9 heteroatoms. The van der Waals surface area contributed by atoms with Crippen LogP contribution in [0.5, 0.6) is 0 Å². The van der Waals surface area contributed by atoms with Crippen LogP contribution in [0.4, 0.5) is 0 Å². The lowest BCUT2D eigenvalue weighted by Crippen LogP contribution is -2.50. The molecule has 3 heterocycles. The van der Waals surface area contributed by atoms with E-state index in [0.29, 0.717) is 43.3 Å². The van der Waals surface area contributed by atoms with E-state index in [0.717, 1.165) is 17.7 Å². The Morgan fingerprint density at radius 2 is 1.86 bits per heavy atom. The van der Waals surface area contributed by atoms with Gasteiger partial charge < -0.3 is 9.64 Å². The number of esters is 1. The average molecular weight is 429 g/mol. The van der Waals surface area contributed by atoms with Crippen molar-refractivity contribution in [1.29, 1.82) is 0 Å². The number of likely N-dealkylation sites (tertiary alicyclic amines) is 1. The van der Waals surface area contributed by atoms with E-state index in [9.17, 15) is 18.0 Å². The van der Waals surface area contributed by atoms with Gasteiger partial charge in [0, 0.05) is 31.1 Å². The van der Waals surface area contributed by atoms with Crippen LogP contribution < -0.4 is 0 Å². The number of hydrogen-bond acceptors (Lipinski definition) is 6. The SMILES string of the molecule is CCOC(=O)[C@@H]1CCCN(C(=O)[C@@H]2CCCN(S(=O)(=O)c3ccc(C)s3)C2)C1. The molecule has 2 saturated heterocycles. The van der Waals surface area contributed by atoms with Crippen molar-refractivity contribution >= 4 is 33.2 Å². The van der Waals surface area contributed by atoms with Gasteiger partial charge in [0.15, 0.2) is 0 Å². The number of sulfonamides is 1. The van der Waals surface area contributed by atoms with Gasteiger partial charge in [-0.1, -0.05) is 0 Å². The summed E-state index contributed by atoms with van der Waals surface area (Å²) in [6.07, 6.45) is 2.83. The van der Waals surface area contributed by atoms with E-state index >= 15 is 0 Å². The monoisotopic (exact) mass is 428 g/mol. The first-order chi connectivity index (χ1) is 13.3. The summed E-state index contributed by atoms with van der Waals surface area (Å²) in [6, 6.07) is 3.43. The molecule has 0 N–H and O–H groups in total. The van der Waals surface area contributed by atoms with Gasteiger partial charge in [-0.2, -0.15) is 4.31 Å².